The number of para-hydroxylation sites is 1. The SMILES string of the molecule is CCCC(=O)Oc1c(OC)cc(Br)cc1C1Oc2nc(SC)nnc2-c2ccccc2N1C(=O)CCC. The number of hydrogen-bond acceptors (Lipinski definition) is 9. The van der Waals surface area contributed by atoms with E-state index in [2.05, 4.69) is 31.1 Å². The third-order valence-electron chi connectivity index (χ3n) is 5.63. The fourth-order valence-electron chi connectivity index (χ4n) is 4.01. The zero-order chi connectivity index (χ0) is 26.5. The second-order valence-corrected chi connectivity index (χ2v) is 9.89. The number of anilines is 1. The monoisotopic (exact) mass is 586 g/mol. The molecule has 0 saturated carbocycles. The summed E-state index contributed by atoms with van der Waals surface area (Å²) in [4.78, 5) is 32.4. The molecule has 1 aliphatic heterocycles. The molecule has 11 heteroatoms. The van der Waals surface area contributed by atoms with Gasteiger partial charge in [0, 0.05) is 22.9 Å². The van der Waals surface area contributed by atoms with Crippen molar-refractivity contribution in [1.29, 1.82) is 0 Å². The molecular weight excluding hydrogens is 560 g/mol. The molecule has 1 amide bonds. The number of benzene rings is 2. The first kappa shape index (κ1) is 26.9. The molecule has 194 valence electrons. The number of esters is 1. The number of ether oxygens (including phenoxy) is 3. The lowest BCUT2D eigenvalue weighted by Crippen LogP contribution is -2.38. The van der Waals surface area contributed by atoms with Crippen LogP contribution in [0.25, 0.3) is 11.3 Å². The Morgan fingerprint density at radius 1 is 1.14 bits per heavy atom. The molecule has 2 heterocycles. The number of thioether (sulfide) groups is 1. The first-order valence-electron chi connectivity index (χ1n) is 11.9. The number of nitrogens with zero attached hydrogens (tertiary/aromatic N) is 4. The van der Waals surface area contributed by atoms with Crippen molar-refractivity contribution < 1.29 is 23.8 Å². The Morgan fingerprint density at radius 3 is 2.59 bits per heavy atom. The van der Waals surface area contributed by atoms with E-state index in [0.29, 0.717) is 50.7 Å². The van der Waals surface area contributed by atoms with Crippen LogP contribution in [0, 0.1) is 0 Å². The molecule has 0 saturated heterocycles. The summed E-state index contributed by atoms with van der Waals surface area (Å²) >= 11 is 4.85. The van der Waals surface area contributed by atoms with E-state index in [1.807, 2.05) is 44.4 Å². The van der Waals surface area contributed by atoms with E-state index in [1.54, 1.807) is 17.0 Å². The number of hydrogen-bond donors (Lipinski definition) is 0. The third-order valence-corrected chi connectivity index (χ3v) is 6.63. The molecule has 0 bridgehead atoms. The topological polar surface area (TPSA) is 104 Å². The predicted octanol–water partition coefficient (Wildman–Crippen LogP) is 5.96. The van der Waals surface area contributed by atoms with Gasteiger partial charge in [-0.15, -0.1) is 10.2 Å². The highest BCUT2D eigenvalue weighted by Crippen LogP contribution is 2.47. The molecule has 0 aliphatic carbocycles. The smallest absolute Gasteiger partial charge is 0.311 e. The van der Waals surface area contributed by atoms with Crippen molar-refractivity contribution in [2.45, 2.75) is 50.9 Å². The maximum atomic E-state index is 13.7. The quantitative estimate of drug-likeness (QED) is 0.179. The average molecular weight is 587 g/mol. The summed E-state index contributed by atoms with van der Waals surface area (Å²) in [6, 6.07) is 10.8. The summed E-state index contributed by atoms with van der Waals surface area (Å²) in [6.07, 6.45) is 2.55. The van der Waals surface area contributed by atoms with Gasteiger partial charge >= 0.3 is 5.97 Å². The molecule has 2 aromatic carbocycles. The number of rotatable bonds is 8. The number of halogens is 1. The summed E-state index contributed by atoms with van der Waals surface area (Å²) in [5.74, 6) is 0.128. The van der Waals surface area contributed by atoms with Crippen molar-refractivity contribution in [2.24, 2.45) is 0 Å². The lowest BCUT2D eigenvalue weighted by molar-refractivity contribution is -0.134. The molecular formula is C26H27BrN4O5S. The average Bonchev–Trinajstić information content (AvgIpc) is 3.03. The molecule has 4 rings (SSSR count). The summed E-state index contributed by atoms with van der Waals surface area (Å²) < 4.78 is 18.5. The standard InChI is InChI=1S/C26H27BrN4O5S/c1-5-9-20(32)31-18-12-8-7-11-16(18)22-24(28-26(37-4)30-29-22)36-25(31)17-13-15(27)14-19(34-3)23(17)35-21(33)10-6-2/h7-8,11-14,25H,5-6,9-10H2,1-4H3. The molecule has 1 aromatic heterocycles. The van der Waals surface area contributed by atoms with Gasteiger partial charge in [-0.2, -0.15) is 4.98 Å². The Bertz CT molecular complexity index is 1320. The summed E-state index contributed by atoms with van der Waals surface area (Å²) in [6.45, 7) is 3.83. The Balaban J connectivity index is 2.00. The molecule has 37 heavy (non-hydrogen) atoms. The van der Waals surface area contributed by atoms with E-state index in [4.69, 9.17) is 14.2 Å². The Hall–Kier alpha value is -3.18. The van der Waals surface area contributed by atoms with Crippen molar-refractivity contribution in [3.63, 3.8) is 0 Å². The van der Waals surface area contributed by atoms with Crippen LogP contribution in [0.4, 0.5) is 5.69 Å². The van der Waals surface area contributed by atoms with E-state index in [1.165, 1.54) is 18.9 Å². The van der Waals surface area contributed by atoms with Crippen LogP contribution >= 0.6 is 27.7 Å². The van der Waals surface area contributed by atoms with Crippen molar-refractivity contribution in [1.82, 2.24) is 15.2 Å². The summed E-state index contributed by atoms with van der Waals surface area (Å²) in [5, 5.41) is 9.01. The molecule has 0 radical (unpaired) electrons. The number of methoxy groups -OCH3 is 1. The van der Waals surface area contributed by atoms with Gasteiger partial charge in [0.25, 0.3) is 0 Å². The third kappa shape index (κ3) is 5.57. The van der Waals surface area contributed by atoms with Crippen LogP contribution in [-0.4, -0.2) is 40.4 Å². The molecule has 1 aliphatic rings. The van der Waals surface area contributed by atoms with Crippen LogP contribution in [0.2, 0.25) is 0 Å². The van der Waals surface area contributed by atoms with Gasteiger partial charge < -0.3 is 14.2 Å². The van der Waals surface area contributed by atoms with E-state index in [0.717, 1.165) is 0 Å². The van der Waals surface area contributed by atoms with Crippen LogP contribution in [0.15, 0.2) is 46.0 Å². The van der Waals surface area contributed by atoms with Crippen LogP contribution in [0.5, 0.6) is 17.4 Å². The van der Waals surface area contributed by atoms with Gasteiger partial charge in [-0.05, 0) is 37.3 Å². The minimum Gasteiger partial charge on any atom is -0.493 e. The zero-order valence-electron chi connectivity index (χ0n) is 21.0. The Labute approximate surface area is 228 Å². The van der Waals surface area contributed by atoms with Gasteiger partial charge in [0.05, 0.1) is 18.4 Å². The molecule has 1 unspecified atom stereocenters. The zero-order valence-corrected chi connectivity index (χ0v) is 23.4. The minimum absolute atomic E-state index is 0.171. The van der Waals surface area contributed by atoms with E-state index in [9.17, 15) is 9.59 Å². The van der Waals surface area contributed by atoms with Crippen molar-refractivity contribution in [2.75, 3.05) is 18.3 Å². The maximum Gasteiger partial charge on any atom is 0.311 e. The van der Waals surface area contributed by atoms with Crippen molar-refractivity contribution >= 4 is 45.3 Å². The van der Waals surface area contributed by atoms with Gasteiger partial charge in [-0.3, -0.25) is 14.5 Å². The molecule has 1 atom stereocenters. The van der Waals surface area contributed by atoms with Gasteiger partial charge in [-0.1, -0.05) is 59.7 Å². The van der Waals surface area contributed by atoms with E-state index >= 15 is 0 Å². The Morgan fingerprint density at radius 2 is 1.89 bits per heavy atom. The van der Waals surface area contributed by atoms with Crippen LogP contribution < -0.4 is 19.1 Å². The number of aromatic nitrogens is 3. The van der Waals surface area contributed by atoms with Crippen LogP contribution in [0.1, 0.15) is 51.3 Å². The lowest BCUT2D eigenvalue weighted by atomic mass is 10.1. The normalized spacial score (nSPS) is 14.2. The highest BCUT2D eigenvalue weighted by molar-refractivity contribution is 9.10. The van der Waals surface area contributed by atoms with Crippen molar-refractivity contribution in [3.05, 3.63) is 46.4 Å². The molecule has 3 aromatic rings. The molecule has 0 fully saturated rings. The maximum absolute atomic E-state index is 13.7. The van der Waals surface area contributed by atoms with Crippen LogP contribution in [0.3, 0.4) is 0 Å². The first-order chi connectivity index (χ1) is 17.9. The fourth-order valence-corrected chi connectivity index (χ4v) is 4.76. The van der Waals surface area contributed by atoms with Crippen LogP contribution in [-0.2, 0) is 9.59 Å². The van der Waals surface area contributed by atoms with Gasteiger partial charge in [-0.25, -0.2) is 0 Å². The lowest BCUT2D eigenvalue weighted by Gasteiger charge is -2.32. The van der Waals surface area contributed by atoms with Gasteiger partial charge in [0.2, 0.25) is 23.2 Å². The molecule has 9 nitrogen and oxygen atoms in total. The largest absolute Gasteiger partial charge is 0.493 e. The second-order valence-electron chi connectivity index (χ2n) is 8.20. The Kier molecular flexibility index (Phi) is 8.65. The number of fused-ring (bicyclic) bond motifs is 3. The molecule has 0 N–H and O–H groups in total. The number of carbonyl (C=O) groups excluding carboxylic acids is 2. The highest BCUT2D eigenvalue weighted by Gasteiger charge is 2.38. The first-order valence-corrected chi connectivity index (χ1v) is 13.9. The minimum atomic E-state index is -1.04. The van der Waals surface area contributed by atoms with Gasteiger partial charge in [0.15, 0.2) is 17.2 Å². The van der Waals surface area contributed by atoms with E-state index in [-0.39, 0.29) is 30.4 Å². The van der Waals surface area contributed by atoms with Gasteiger partial charge in [0.1, 0.15) is 0 Å². The number of carbonyl (C=O) groups is 2. The molecule has 0 spiro atoms. The second kappa shape index (κ2) is 11.9. The van der Waals surface area contributed by atoms with Crippen molar-refractivity contribution in [3.8, 4) is 28.6 Å². The number of amides is 1. The summed E-state index contributed by atoms with van der Waals surface area (Å²) in [5.41, 5.74) is 2.08. The highest BCUT2D eigenvalue weighted by atomic mass is 79.9. The summed E-state index contributed by atoms with van der Waals surface area (Å²) in [7, 11) is 1.49. The fraction of sp³-hybridized carbons (Fsp3) is 0.346. The predicted molar refractivity (Wildman–Crippen MR) is 144 cm³/mol. The van der Waals surface area contributed by atoms with E-state index < -0.39 is 12.2 Å².